The van der Waals surface area contributed by atoms with Crippen LogP contribution in [0.1, 0.15) is 33.2 Å². The monoisotopic (exact) mass is 381 g/mol. The molecule has 0 unspecified atom stereocenters. The van der Waals surface area contributed by atoms with Gasteiger partial charge in [-0.25, -0.2) is 4.79 Å². The van der Waals surface area contributed by atoms with Crippen molar-refractivity contribution in [1.29, 1.82) is 0 Å². The van der Waals surface area contributed by atoms with Crippen molar-refractivity contribution < 1.29 is 23.5 Å². The summed E-state index contributed by atoms with van der Waals surface area (Å²) in [6.07, 6.45) is 2.26. The fraction of sp³-hybridized carbons (Fsp3) is 0.238. The van der Waals surface area contributed by atoms with Gasteiger partial charge in [-0.3, -0.25) is 9.69 Å². The van der Waals surface area contributed by atoms with Crippen LogP contribution in [0.15, 0.2) is 62.4 Å². The highest BCUT2D eigenvalue weighted by Gasteiger charge is 2.17. The molecular weight excluding hydrogens is 362 g/mol. The largest absolute Gasteiger partial charge is 0.479 e. The molecule has 0 spiro atoms. The van der Waals surface area contributed by atoms with Crippen molar-refractivity contribution in [2.45, 2.75) is 26.1 Å². The van der Waals surface area contributed by atoms with E-state index in [1.165, 1.54) is 35.6 Å². The van der Waals surface area contributed by atoms with Crippen LogP contribution in [0.25, 0.3) is 0 Å². The first-order valence-corrected chi connectivity index (χ1v) is 8.94. The SMILES string of the molecule is O=C(O)c1ccc(COc2coc(CN3CCc4ccccc4C3)cc2=O)o1. The fourth-order valence-corrected chi connectivity index (χ4v) is 3.26. The standard InChI is InChI=1S/C21H19NO6/c23-18-9-17(11-22-8-7-14-3-1-2-4-15(14)10-22)26-13-20(18)27-12-16-5-6-19(28-16)21(24)25/h1-6,9,13H,7-8,10-12H2,(H,24,25). The topological polar surface area (TPSA) is 93.1 Å². The Morgan fingerprint density at radius 1 is 1.14 bits per heavy atom. The number of furan rings is 1. The minimum atomic E-state index is -1.16. The summed E-state index contributed by atoms with van der Waals surface area (Å²) in [7, 11) is 0. The van der Waals surface area contributed by atoms with E-state index in [-0.39, 0.29) is 23.5 Å². The van der Waals surface area contributed by atoms with Gasteiger partial charge in [0.1, 0.15) is 24.4 Å². The molecule has 0 saturated heterocycles. The van der Waals surface area contributed by atoms with Crippen LogP contribution in [0.5, 0.6) is 5.75 Å². The molecule has 28 heavy (non-hydrogen) atoms. The third-order valence-electron chi connectivity index (χ3n) is 4.68. The molecule has 3 aromatic rings. The van der Waals surface area contributed by atoms with Gasteiger partial charge in [-0.15, -0.1) is 0 Å². The lowest BCUT2D eigenvalue weighted by Crippen LogP contribution is -2.30. The molecule has 7 heteroatoms. The van der Waals surface area contributed by atoms with E-state index in [9.17, 15) is 9.59 Å². The Morgan fingerprint density at radius 2 is 1.96 bits per heavy atom. The molecule has 0 fully saturated rings. The number of fused-ring (bicyclic) bond motifs is 1. The van der Waals surface area contributed by atoms with Crippen molar-refractivity contribution >= 4 is 5.97 Å². The second kappa shape index (κ2) is 7.74. The van der Waals surface area contributed by atoms with Crippen molar-refractivity contribution in [3.05, 3.63) is 87.4 Å². The lowest BCUT2D eigenvalue weighted by atomic mass is 10.00. The van der Waals surface area contributed by atoms with Gasteiger partial charge in [0, 0.05) is 19.2 Å². The van der Waals surface area contributed by atoms with Gasteiger partial charge in [-0.2, -0.15) is 0 Å². The van der Waals surface area contributed by atoms with Crippen molar-refractivity contribution in [2.24, 2.45) is 0 Å². The Kier molecular flexibility index (Phi) is 4.99. The number of rotatable bonds is 6. The first-order chi connectivity index (χ1) is 13.6. The van der Waals surface area contributed by atoms with E-state index >= 15 is 0 Å². The molecule has 144 valence electrons. The molecule has 0 aliphatic carbocycles. The van der Waals surface area contributed by atoms with Crippen LogP contribution < -0.4 is 10.2 Å². The molecule has 4 rings (SSSR count). The molecule has 0 atom stereocenters. The van der Waals surface area contributed by atoms with Gasteiger partial charge < -0.3 is 18.7 Å². The van der Waals surface area contributed by atoms with Crippen LogP contribution in [0.4, 0.5) is 0 Å². The Labute approximate surface area is 160 Å². The number of carbonyl (C=O) groups is 1. The van der Waals surface area contributed by atoms with Gasteiger partial charge in [0.25, 0.3) is 0 Å². The van der Waals surface area contributed by atoms with Gasteiger partial charge in [0.15, 0.2) is 0 Å². The van der Waals surface area contributed by atoms with Crippen LogP contribution >= 0.6 is 0 Å². The van der Waals surface area contributed by atoms with Crippen LogP contribution in [-0.2, 0) is 26.1 Å². The summed E-state index contributed by atoms with van der Waals surface area (Å²) in [6, 6.07) is 12.6. The minimum Gasteiger partial charge on any atom is -0.479 e. The van der Waals surface area contributed by atoms with Gasteiger partial charge >= 0.3 is 5.97 Å². The van der Waals surface area contributed by atoms with Crippen LogP contribution in [0.3, 0.4) is 0 Å². The molecule has 1 aromatic carbocycles. The molecule has 1 aliphatic heterocycles. The van der Waals surface area contributed by atoms with E-state index in [2.05, 4.69) is 23.1 Å². The second-order valence-electron chi connectivity index (χ2n) is 6.66. The number of hydrogen-bond donors (Lipinski definition) is 1. The summed E-state index contributed by atoms with van der Waals surface area (Å²) in [4.78, 5) is 25.3. The molecule has 7 nitrogen and oxygen atoms in total. The quantitative estimate of drug-likeness (QED) is 0.701. The van der Waals surface area contributed by atoms with Crippen molar-refractivity contribution in [3.8, 4) is 5.75 Å². The second-order valence-corrected chi connectivity index (χ2v) is 6.66. The van der Waals surface area contributed by atoms with E-state index in [1.54, 1.807) is 0 Å². The molecular formula is C21H19NO6. The highest BCUT2D eigenvalue weighted by Crippen LogP contribution is 2.20. The highest BCUT2D eigenvalue weighted by atomic mass is 16.5. The Bertz CT molecular complexity index is 1050. The molecule has 0 bridgehead atoms. The van der Waals surface area contributed by atoms with Gasteiger partial charge in [0.2, 0.25) is 16.9 Å². The third-order valence-corrected chi connectivity index (χ3v) is 4.68. The zero-order valence-corrected chi connectivity index (χ0v) is 15.1. The average Bonchev–Trinajstić information content (AvgIpc) is 3.17. The van der Waals surface area contributed by atoms with Crippen LogP contribution in [0, 0.1) is 0 Å². The van der Waals surface area contributed by atoms with Crippen LogP contribution in [0.2, 0.25) is 0 Å². The third kappa shape index (κ3) is 3.99. The fourth-order valence-electron chi connectivity index (χ4n) is 3.26. The summed E-state index contributed by atoms with van der Waals surface area (Å²) in [6.45, 7) is 2.22. The van der Waals surface area contributed by atoms with Crippen molar-refractivity contribution in [1.82, 2.24) is 4.90 Å². The van der Waals surface area contributed by atoms with E-state index in [0.29, 0.717) is 18.1 Å². The highest BCUT2D eigenvalue weighted by molar-refractivity contribution is 5.84. The maximum absolute atomic E-state index is 12.3. The Balaban J connectivity index is 1.38. The lowest BCUT2D eigenvalue weighted by molar-refractivity contribution is 0.0658. The number of nitrogens with zero attached hydrogens (tertiary/aromatic N) is 1. The summed E-state index contributed by atoms with van der Waals surface area (Å²) in [5.41, 5.74) is 2.38. The van der Waals surface area contributed by atoms with Crippen molar-refractivity contribution in [2.75, 3.05) is 6.54 Å². The predicted molar refractivity (Wildman–Crippen MR) is 99.2 cm³/mol. The first-order valence-electron chi connectivity index (χ1n) is 8.94. The molecule has 1 aliphatic rings. The normalized spacial score (nSPS) is 13.9. The zero-order valence-electron chi connectivity index (χ0n) is 15.1. The number of carboxylic acid groups (broad SMARTS) is 1. The van der Waals surface area contributed by atoms with E-state index in [0.717, 1.165) is 19.5 Å². The Hall–Kier alpha value is -3.32. The Morgan fingerprint density at radius 3 is 2.71 bits per heavy atom. The molecule has 0 radical (unpaired) electrons. The lowest BCUT2D eigenvalue weighted by Gasteiger charge is -2.28. The van der Waals surface area contributed by atoms with E-state index < -0.39 is 5.97 Å². The van der Waals surface area contributed by atoms with Crippen molar-refractivity contribution in [3.63, 3.8) is 0 Å². The summed E-state index contributed by atoms with van der Waals surface area (Å²) < 4.78 is 16.1. The number of hydrogen-bond acceptors (Lipinski definition) is 6. The number of aromatic carboxylic acids is 1. The molecule has 2 aromatic heterocycles. The molecule has 1 N–H and O–H groups in total. The van der Waals surface area contributed by atoms with Gasteiger partial charge in [-0.1, -0.05) is 24.3 Å². The number of ether oxygens (including phenoxy) is 1. The van der Waals surface area contributed by atoms with Gasteiger partial charge in [0.05, 0.1) is 6.54 Å². The average molecular weight is 381 g/mol. The zero-order chi connectivity index (χ0) is 19.5. The summed E-state index contributed by atoms with van der Waals surface area (Å²) >= 11 is 0. The van der Waals surface area contributed by atoms with Gasteiger partial charge in [-0.05, 0) is 29.7 Å². The minimum absolute atomic E-state index is 0.0553. The van der Waals surface area contributed by atoms with E-state index in [4.69, 9.17) is 18.7 Å². The number of carboxylic acids is 1. The molecule has 0 saturated carbocycles. The maximum atomic E-state index is 12.3. The summed E-state index contributed by atoms with van der Waals surface area (Å²) in [5.74, 6) is -0.392. The molecule has 3 heterocycles. The smallest absolute Gasteiger partial charge is 0.371 e. The van der Waals surface area contributed by atoms with E-state index in [1.807, 2.05) is 6.07 Å². The predicted octanol–water partition coefficient (Wildman–Crippen LogP) is 3.07. The maximum Gasteiger partial charge on any atom is 0.371 e. The molecule has 0 amide bonds. The summed E-state index contributed by atoms with van der Waals surface area (Å²) in [5, 5.41) is 8.84. The first kappa shape index (κ1) is 18.1. The number of benzene rings is 1. The van der Waals surface area contributed by atoms with Crippen LogP contribution in [-0.4, -0.2) is 22.5 Å².